The second-order valence-electron chi connectivity index (χ2n) is 6.76. The van der Waals surface area contributed by atoms with E-state index in [0.29, 0.717) is 31.9 Å². The number of pyridine rings is 1. The number of amides is 1. The molecule has 0 saturated carbocycles. The fourth-order valence-electron chi connectivity index (χ4n) is 3.02. The number of methoxy groups -OCH3 is 1. The zero-order valence-corrected chi connectivity index (χ0v) is 14.8. The summed E-state index contributed by atoms with van der Waals surface area (Å²) in [7, 11) is 1.63. The van der Waals surface area contributed by atoms with Crippen molar-refractivity contribution in [3.05, 3.63) is 42.0 Å². The third-order valence-corrected chi connectivity index (χ3v) is 3.93. The van der Waals surface area contributed by atoms with Gasteiger partial charge in [0.1, 0.15) is 0 Å². The van der Waals surface area contributed by atoms with Crippen LogP contribution in [-0.2, 0) is 16.0 Å². The van der Waals surface area contributed by atoms with Gasteiger partial charge in [0.2, 0.25) is 0 Å². The van der Waals surface area contributed by atoms with Crippen molar-refractivity contribution in [1.82, 2.24) is 24.9 Å². The Kier molecular flexibility index (Phi) is 5.10. The maximum absolute atomic E-state index is 12.8. The highest BCUT2D eigenvalue weighted by Gasteiger charge is 2.36. The lowest BCUT2D eigenvalue weighted by Gasteiger charge is -2.42. The Morgan fingerprint density at radius 3 is 3.00 bits per heavy atom. The first-order chi connectivity index (χ1) is 12.0. The predicted molar refractivity (Wildman–Crippen MR) is 90.1 cm³/mol. The van der Waals surface area contributed by atoms with Crippen molar-refractivity contribution < 1.29 is 14.3 Å². The fourth-order valence-corrected chi connectivity index (χ4v) is 3.02. The SMILES string of the molecule is COC[C@H]1CN(C(=O)c2cn(Cc3ccccn3)nn2)CC(C)(C)O1. The van der Waals surface area contributed by atoms with Crippen molar-refractivity contribution in [3.8, 4) is 0 Å². The maximum Gasteiger partial charge on any atom is 0.276 e. The average molecular weight is 345 g/mol. The Balaban J connectivity index is 1.70. The van der Waals surface area contributed by atoms with E-state index in [1.54, 1.807) is 29.1 Å². The van der Waals surface area contributed by atoms with Gasteiger partial charge in [0.05, 0.1) is 36.7 Å². The highest BCUT2D eigenvalue weighted by molar-refractivity contribution is 5.92. The van der Waals surface area contributed by atoms with Crippen LogP contribution in [0.3, 0.4) is 0 Å². The third kappa shape index (κ3) is 4.40. The zero-order chi connectivity index (χ0) is 17.9. The van der Waals surface area contributed by atoms with Gasteiger partial charge in [0.15, 0.2) is 5.69 Å². The molecule has 2 aromatic rings. The van der Waals surface area contributed by atoms with E-state index in [0.717, 1.165) is 5.69 Å². The summed E-state index contributed by atoms with van der Waals surface area (Å²) < 4.78 is 12.7. The molecule has 0 aromatic carbocycles. The van der Waals surface area contributed by atoms with Crippen LogP contribution in [0.4, 0.5) is 0 Å². The molecule has 134 valence electrons. The van der Waals surface area contributed by atoms with Crippen molar-refractivity contribution >= 4 is 5.91 Å². The summed E-state index contributed by atoms with van der Waals surface area (Å²) in [6.45, 7) is 5.82. The first kappa shape index (κ1) is 17.5. The Hall–Kier alpha value is -2.32. The average Bonchev–Trinajstić information content (AvgIpc) is 3.02. The normalized spacial score (nSPS) is 19.8. The standard InChI is InChI=1S/C17H23N5O3/c1-17(2)12-21(9-14(25-17)11-24-3)16(23)15-10-22(20-19-15)8-13-6-4-5-7-18-13/h4-7,10,14H,8-9,11-12H2,1-3H3/t14-/m1/s1. The van der Waals surface area contributed by atoms with Crippen molar-refractivity contribution in [1.29, 1.82) is 0 Å². The Morgan fingerprint density at radius 2 is 2.28 bits per heavy atom. The molecule has 8 nitrogen and oxygen atoms in total. The fraction of sp³-hybridized carbons (Fsp3) is 0.529. The molecule has 0 unspecified atom stereocenters. The number of nitrogens with zero attached hydrogens (tertiary/aromatic N) is 5. The first-order valence-electron chi connectivity index (χ1n) is 8.23. The summed E-state index contributed by atoms with van der Waals surface area (Å²) in [6, 6.07) is 5.68. The van der Waals surface area contributed by atoms with Crippen LogP contribution in [0.25, 0.3) is 0 Å². The third-order valence-electron chi connectivity index (χ3n) is 3.93. The molecule has 3 heterocycles. The molecular formula is C17H23N5O3. The lowest BCUT2D eigenvalue weighted by Crippen LogP contribution is -2.55. The van der Waals surface area contributed by atoms with Crippen LogP contribution in [0, 0.1) is 0 Å². The van der Waals surface area contributed by atoms with E-state index in [1.807, 2.05) is 32.0 Å². The minimum Gasteiger partial charge on any atom is -0.382 e. The van der Waals surface area contributed by atoms with E-state index in [2.05, 4.69) is 15.3 Å². The van der Waals surface area contributed by atoms with E-state index < -0.39 is 5.60 Å². The summed E-state index contributed by atoms with van der Waals surface area (Å²) in [5.41, 5.74) is 0.755. The molecule has 8 heteroatoms. The molecule has 1 fully saturated rings. The Labute approximate surface area is 146 Å². The lowest BCUT2D eigenvalue weighted by atomic mass is 10.0. The smallest absolute Gasteiger partial charge is 0.276 e. The van der Waals surface area contributed by atoms with Crippen molar-refractivity contribution in [2.75, 3.05) is 26.8 Å². The number of hydrogen-bond acceptors (Lipinski definition) is 6. The minimum absolute atomic E-state index is 0.148. The van der Waals surface area contributed by atoms with Crippen molar-refractivity contribution in [2.45, 2.75) is 32.1 Å². The number of carbonyl (C=O) groups is 1. The van der Waals surface area contributed by atoms with Crippen LogP contribution in [0.1, 0.15) is 30.0 Å². The molecule has 25 heavy (non-hydrogen) atoms. The van der Waals surface area contributed by atoms with Gasteiger partial charge in [-0.25, -0.2) is 4.68 Å². The number of aromatic nitrogens is 4. The second-order valence-corrected chi connectivity index (χ2v) is 6.76. The van der Waals surface area contributed by atoms with Gasteiger partial charge in [-0.3, -0.25) is 9.78 Å². The lowest BCUT2D eigenvalue weighted by molar-refractivity contribution is -0.143. The number of ether oxygens (including phenoxy) is 2. The van der Waals surface area contributed by atoms with Crippen molar-refractivity contribution in [3.63, 3.8) is 0 Å². The molecule has 0 spiro atoms. The monoisotopic (exact) mass is 345 g/mol. The molecule has 1 aliphatic heterocycles. The van der Waals surface area contributed by atoms with Gasteiger partial charge in [-0.2, -0.15) is 0 Å². The van der Waals surface area contributed by atoms with E-state index in [9.17, 15) is 4.79 Å². The molecule has 1 amide bonds. The van der Waals surface area contributed by atoms with E-state index in [-0.39, 0.29) is 12.0 Å². The summed E-state index contributed by atoms with van der Waals surface area (Å²) in [6.07, 6.45) is 3.23. The largest absolute Gasteiger partial charge is 0.382 e. The zero-order valence-electron chi connectivity index (χ0n) is 14.8. The molecule has 1 saturated heterocycles. The molecule has 0 aliphatic carbocycles. The Bertz CT molecular complexity index is 716. The molecular weight excluding hydrogens is 322 g/mol. The molecule has 1 aliphatic rings. The summed E-state index contributed by atoms with van der Waals surface area (Å²) in [5.74, 6) is -0.148. The molecule has 0 bridgehead atoms. The highest BCUT2D eigenvalue weighted by atomic mass is 16.5. The van der Waals surface area contributed by atoms with Gasteiger partial charge >= 0.3 is 0 Å². The van der Waals surface area contributed by atoms with E-state index >= 15 is 0 Å². The van der Waals surface area contributed by atoms with Crippen LogP contribution in [0.2, 0.25) is 0 Å². The van der Waals surface area contributed by atoms with E-state index in [1.165, 1.54) is 0 Å². The minimum atomic E-state index is -0.430. The molecule has 3 rings (SSSR count). The summed E-state index contributed by atoms with van der Waals surface area (Å²) >= 11 is 0. The van der Waals surface area contributed by atoms with Crippen LogP contribution < -0.4 is 0 Å². The van der Waals surface area contributed by atoms with Crippen LogP contribution in [0.5, 0.6) is 0 Å². The van der Waals surface area contributed by atoms with Gasteiger partial charge < -0.3 is 14.4 Å². The van der Waals surface area contributed by atoms with Gasteiger partial charge in [0.25, 0.3) is 5.91 Å². The topological polar surface area (TPSA) is 82.4 Å². The Morgan fingerprint density at radius 1 is 1.44 bits per heavy atom. The molecule has 0 radical (unpaired) electrons. The van der Waals surface area contributed by atoms with Gasteiger partial charge in [0, 0.05) is 26.4 Å². The summed E-state index contributed by atoms with van der Waals surface area (Å²) in [4.78, 5) is 18.8. The molecule has 2 aromatic heterocycles. The number of morpholine rings is 1. The van der Waals surface area contributed by atoms with E-state index in [4.69, 9.17) is 9.47 Å². The van der Waals surface area contributed by atoms with Gasteiger partial charge in [-0.05, 0) is 26.0 Å². The highest BCUT2D eigenvalue weighted by Crippen LogP contribution is 2.22. The number of hydrogen-bond donors (Lipinski definition) is 0. The van der Waals surface area contributed by atoms with Gasteiger partial charge in [-0.1, -0.05) is 11.3 Å². The first-order valence-corrected chi connectivity index (χ1v) is 8.23. The quantitative estimate of drug-likeness (QED) is 0.804. The predicted octanol–water partition coefficient (Wildman–Crippen LogP) is 0.987. The van der Waals surface area contributed by atoms with Crippen molar-refractivity contribution in [2.24, 2.45) is 0 Å². The van der Waals surface area contributed by atoms with Gasteiger partial charge in [-0.15, -0.1) is 5.10 Å². The van der Waals surface area contributed by atoms with Crippen LogP contribution in [-0.4, -0.2) is 69.3 Å². The van der Waals surface area contributed by atoms with Crippen LogP contribution >= 0.6 is 0 Å². The van der Waals surface area contributed by atoms with Crippen LogP contribution in [0.15, 0.2) is 30.6 Å². The molecule has 0 N–H and O–H groups in total. The molecule has 1 atom stereocenters. The second kappa shape index (κ2) is 7.28. The maximum atomic E-state index is 12.8. The number of carbonyl (C=O) groups excluding carboxylic acids is 1. The summed E-state index contributed by atoms with van der Waals surface area (Å²) in [5, 5.41) is 8.07. The number of rotatable bonds is 5.